The summed E-state index contributed by atoms with van der Waals surface area (Å²) in [6, 6.07) is 8.32. The lowest BCUT2D eigenvalue weighted by Crippen LogP contribution is -2.38. The molecule has 0 saturated heterocycles. The highest BCUT2D eigenvalue weighted by Crippen LogP contribution is 2.28. The van der Waals surface area contributed by atoms with Crippen molar-refractivity contribution in [2.45, 2.75) is 44.6 Å². The molecule has 0 aromatic heterocycles. The Bertz CT molecular complexity index is 325. The summed E-state index contributed by atoms with van der Waals surface area (Å²) in [5, 5.41) is 13.7. The topological polar surface area (TPSA) is 32.3 Å². The van der Waals surface area contributed by atoms with Crippen molar-refractivity contribution in [2.75, 3.05) is 11.9 Å². The molecule has 1 aliphatic rings. The molecule has 1 saturated carbocycles. The SMILES string of the molecule is Cc1ccc(NCC2(O)CCCCC2)cc1. The Kier molecular flexibility index (Phi) is 3.49. The number of hydrogen-bond donors (Lipinski definition) is 2. The number of rotatable bonds is 3. The molecule has 0 bridgehead atoms. The third kappa shape index (κ3) is 2.99. The largest absolute Gasteiger partial charge is 0.388 e. The molecule has 1 aromatic carbocycles. The van der Waals surface area contributed by atoms with Crippen LogP contribution in [0.25, 0.3) is 0 Å². The summed E-state index contributed by atoms with van der Waals surface area (Å²) >= 11 is 0. The van der Waals surface area contributed by atoms with Crippen LogP contribution in [-0.4, -0.2) is 17.3 Å². The van der Waals surface area contributed by atoms with Gasteiger partial charge in [-0.3, -0.25) is 0 Å². The van der Waals surface area contributed by atoms with Crippen LogP contribution in [0.3, 0.4) is 0 Å². The Morgan fingerprint density at radius 1 is 1.12 bits per heavy atom. The van der Waals surface area contributed by atoms with Gasteiger partial charge in [-0.05, 0) is 31.9 Å². The van der Waals surface area contributed by atoms with Gasteiger partial charge in [0, 0.05) is 12.2 Å². The van der Waals surface area contributed by atoms with Crippen LogP contribution in [0.1, 0.15) is 37.7 Å². The molecule has 0 radical (unpaired) electrons. The highest BCUT2D eigenvalue weighted by molar-refractivity contribution is 5.44. The Morgan fingerprint density at radius 3 is 2.38 bits per heavy atom. The van der Waals surface area contributed by atoms with Gasteiger partial charge in [0.2, 0.25) is 0 Å². The molecule has 2 N–H and O–H groups in total. The second-order valence-electron chi connectivity index (χ2n) is 5.00. The Labute approximate surface area is 97.7 Å². The first-order valence-corrected chi connectivity index (χ1v) is 6.21. The number of nitrogens with one attached hydrogen (secondary N) is 1. The maximum atomic E-state index is 10.3. The van der Waals surface area contributed by atoms with Crippen molar-refractivity contribution in [3.8, 4) is 0 Å². The Balaban J connectivity index is 1.88. The third-order valence-electron chi connectivity index (χ3n) is 3.46. The molecule has 0 amide bonds. The van der Waals surface area contributed by atoms with Crippen LogP contribution in [0, 0.1) is 6.92 Å². The third-order valence-corrected chi connectivity index (χ3v) is 3.46. The van der Waals surface area contributed by atoms with E-state index in [0.29, 0.717) is 6.54 Å². The van der Waals surface area contributed by atoms with Crippen molar-refractivity contribution < 1.29 is 5.11 Å². The molecule has 1 fully saturated rings. The quantitative estimate of drug-likeness (QED) is 0.818. The van der Waals surface area contributed by atoms with E-state index in [2.05, 4.69) is 36.5 Å². The first-order chi connectivity index (χ1) is 7.68. The van der Waals surface area contributed by atoms with Crippen molar-refractivity contribution in [3.63, 3.8) is 0 Å². The second-order valence-corrected chi connectivity index (χ2v) is 5.00. The summed E-state index contributed by atoms with van der Waals surface area (Å²) in [5.74, 6) is 0. The summed E-state index contributed by atoms with van der Waals surface area (Å²) in [6.07, 6.45) is 5.46. The average molecular weight is 219 g/mol. The molecule has 0 unspecified atom stereocenters. The molecule has 1 aliphatic carbocycles. The van der Waals surface area contributed by atoms with Crippen LogP contribution in [0.2, 0.25) is 0 Å². The van der Waals surface area contributed by atoms with Crippen molar-refractivity contribution in [3.05, 3.63) is 29.8 Å². The van der Waals surface area contributed by atoms with Crippen LogP contribution in [-0.2, 0) is 0 Å². The Hall–Kier alpha value is -1.02. The van der Waals surface area contributed by atoms with Gasteiger partial charge in [-0.25, -0.2) is 0 Å². The smallest absolute Gasteiger partial charge is 0.0819 e. The highest BCUT2D eigenvalue weighted by Gasteiger charge is 2.28. The monoisotopic (exact) mass is 219 g/mol. The minimum atomic E-state index is -0.483. The van der Waals surface area contributed by atoms with Gasteiger partial charge in [-0.2, -0.15) is 0 Å². The van der Waals surface area contributed by atoms with Crippen molar-refractivity contribution >= 4 is 5.69 Å². The zero-order valence-electron chi connectivity index (χ0n) is 10.00. The van der Waals surface area contributed by atoms with E-state index in [4.69, 9.17) is 0 Å². The van der Waals surface area contributed by atoms with Crippen LogP contribution < -0.4 is 5.32 Å². The lowest BCUT2D eigenvalue weighted by atomic mass is 9.85. The molecule has 2 heteroatoms. The standard InChI is InChI=1S/C14H21NO/c1-12-5-7-13(8-6-12)15-11-14(16)9-3-2-4-10-14/h5-8,15-16H,2-4,9-11H2,1H3. The van der Waals surface area contributed by atoms with E-state index >= 15 is 0 Å². The number of aliphatic hydroxyl groups is 1. The lowest BCUT2D eigenvalue weighted by molar-refractivity contribution is 0.0167. The fraction of sp³-hybridized carbons (Fsp3) is 0.571. The molecule has 88 valence electrons. The van der Waals surface area contributed by atoms with E-state index in [-0.39, 0.29) is 0 Å². The summed E-state index contributed by atoms with van der Waals surface area (Å²) in [7, 11) is 0. The van der Waals surface area contributed by atoms with Crippen LogP contribution in [0.5, 0.6) is 0 Å². The van der Waals surface area contributed by atoms with Gasteiger partial charge in [0.15, 0.2) is 0 Å². The number of hydrogen-bond acceptors (Lipinski definition) is 2. The number of aryl methyl sites for hydroxylation is 1. The first-order valence-electron chi connectivity index (χ1n) is 6.21. The van der Waals surface area contributed by atoms with Crippen molar-refractivity contribution in [2.24, 2.45) is 0 Å². The van der Waals surface area contributed by atoms with E-state index in [1.807, 2.05) is 0 Å². The second kappa shape index (κ2) is 4.88. The van der Waals surface area contributed by atoms with Gasteiger partial charge in [0.05, 0.1) is 5.60 Å². The zero-order valence-corrected chi connectivity index (χ0v) is 10.00. The van der Waals surface area contributed by atoms with Crippen molar-refractivity contribution in [1.82, 2.24) is 0 Å². The number of benzene rings is 1. The minimum Gasteiger partial charge on any atom is -0.388 e. The summed E-state index contributed by atoms with van der Waals surface area (Å²) in [6.45, 7) is 2.76. The molecule has 1 aromatic rings. The fourth-order valence-electron chi connectivity index (χ4n) is 2.32. The molecule has 0 atom stereocenters. The molecule has 0 heterocycles. The van der Waals surface area contributed by atoms with Crippen LogP contribution >= 0.6 is 0 Å². The predicted molar refractivity (Wildman–Crippen MR) is 67.7 cm³/mol. The molecule has 0 spiro atoms. The summed E-state index contributed by atoms with van der Waals surface area (Å²) in [4.78, 5) is 0. The van der Waals surface area contributed by atoms with E-state index in [1.54, 1.807) is 0 Å². The van der Waals surface area contributed by atoms with Gasteiger partial charge in [-0.1, -0.05) is 37.0 Å². The van der Waals surface area contributed by atoms with Crippen molar-refractivity contribution in [1.29, 1.82) is 0 Å². The van der Waals surface area contributed by atoms with Gasteiger partial charge in [0.1, 0.15) is 0 Å². The summed E-state index contributed by atoms with van der Waals surface area (Å²) in [5.41, 5.74) is 1.88. The van der Waals surface area contributed by atoms with Crippen LogP contribution in [0.4, 0.5) is 5.69 Å². The van der Waals surface area contributed by atoms with Crippen LogP contribution in [0.15, 0.2) is 24.3 Å². The average Bonchev–Trinajstić information content (AvgIpc) is 2.29. The molecule has 0 aliphatic heterocycles. The zero-order chi connectivity index (χ0) is 11.4. The lowest BCUT2D eigenvalue weighted by Gasteiger charge is -2.32. The van der Waals surface area contributed by atoms with E-state index in [9.17, 15) is 5.11 Å². The highest BCUT2D eigenvalue weighted by atomic mass is 16.3. The molecule has 16 heavy (non-hydrogen) atoms. The molecule has 2 nitrogen and oxygen atoms in total. The van der Waals surface area contributed by atoms with E-state index in [1.165, 1.54) is 12.0 Å². The Morgan fingerprint density at radius 2 is 1.75 bits per heavy atom. The minimum absolute atomic E-state index is 0.483. The van der Waals surface area contributed by atoms with Gasteiger partial charge >= 0.3 is 0 Å². The fourth-order valence-corrected chi connectivity index (χ4v) is 2.32. The normalized spacial score (nSPS) is 19.4. The van der Waals surface area contributed by atoms with E-state index < -0.39 is 5.60 Å². The molecule has 2 rings (SSSR count). The maximum absolute atomic E-state index is 10.3. The van der Waals surface area contributed by atoms with Gasteiger partial charge < -0.3 is 10.4 Å². The predicted octanol–water partition coefficient (Wildman–Crippen LogP) is 3.10. The van der Waals surface area contributed by atoms with Gasteiger partial charge in [0.25, 0.3) is 0 Å². The van der Waals surface area contributed by atoms with Gasteiger partial charge in [-0.15, -0.1) is 0 Å². The molecular formula is C14H21NO. The molecular weight excluding hydrogens is 198 g/mol. The first kappa shape index (κ1) is 11.5. The maximum Gasteiger partial charge on any atom is 0.0819 e. The van der Waals surface area contributed by atoms with E-state index in [0.717, 1.165) is 31.4 Å². The summed E-state index contributed by atoms with van der Waals surface area (Å²) < 4.78 is 0. The number of anilines is 1.